The molecule has 1 aliphatic heterocycles. The van der Waals surface area contributed by atoms with Gasteiger partial charge in [-0.15, -0.1) is 0 Å². The Balaban J connectivity index is 1.89. The molecule has 1 saturated heterocycles. The molecule has 0 unspecified atom stereocenters. The summed E-state index contributed by atoms with van der Waals surface area (Å²) >= 11 is 0.877. The third kappa shape index (κ3) is 3.46. The molecule has 134 valence electrons. The lowest BCUT2D eigenvalue weighted by Crippen LogP contribution is -2.27. The fourth-order valence-electron chi connectivity index (χ4n) is 2.85. The molecule has 0 radical (unpaired) electrons. The van der Waals surface area contributed by atoms with E-state index in [4.69, 9.17) is 0 Å². The number of imide groups is 1. The monoisotopic (exact) mass is 368 g/mol. The van der Waals surface area contributed by atoms with Crippen molar-refractivity contribution < 1.29 is 14.7 Å². The van der Waals surface area contributed by atoms with E-state index in [9.17, 15) is 14.7 Å². The van der Waals surface area contributed by atoms with Gasteiger partial charge in [0.15, 0.2) is 0 Å². The number of hydrogen-bond acceptors (Lipinski definition) is 5. The van der Waals surface area contributed by atoms with Crippen LogP contribution in [0.3, 0.4) is 0 Å². The molecule has 1 fully saturated rings. The normalized spacial score (nSPS) is 15.8. The van der Waals surface area contributed by atoms with Gasteiger partial charge in [-0.3, -0.25) is 9.59 Å². The van der Waals surface area contributed by atoms with Gasteiger partial charge < -0.3 is 10.0 Å². The molecule has 26 heavy (non-hydrogen) atoms. The van der Waals surface area contributed by atoms with E-state index < -0.39 is 0 Å². The molecule has 1 aliphatic rings. The third-order valence-corrected chi connectivity index (χ3v) is 5.11. The van der Waals surface area contributed by atoms with E-state index in [1.807, 2.05) is 26.0 Å². The predicted molar refractivity (Wildman–Crippen MR) is 107 cm³/mol. The van der Waals surface area contributed by atoms with Gasteiger partial charge in [0.2, 0.25) is 0 Å². The number of nitrogens with zero attached hydrogens (tertiary/aromatic N) is 2. The van der Waals surface area contributed by atoms with E-state index in [0.717, 1.165) is 35.4 Å². The second-order valence-corrected chi connectivity index (χ2v) is 6.76. The van der Waals surface area contributed by atoms with Crippen molar-refractivity contribution in [3.8, 4) is 5.75 Å². The van der Waals surface area contributed by atoms with Crippen molar-refractivity contribution in [2.45, 2.75) is 13.8 Å². The summed E-state index contributed by atoms with van der Waals surface area (Å²) in [6, 6.07) is 14.2. The Morgan fingerprint density at radius 1 is 1.08 bits per heavy atom. The summed E-state index contributed by atoms with van der Waals surface area (Å²) in [6.07, 6.45) is 1.56. The number of carbonyl (C=O) groups is 2. The Morgan fingerprint density at radius 3 is 2.38 bits per heavy atom. The van der Waals surface area contributed by atoms with Crippen LogP contribution in [-0.2, 0) is 4.79 Å². The Kier molecular flexibility index (Phi) is 5.32. The van der Waals surface area contributed by atoms with Crippen LogP contribution in [0.15, 0.2) is 53.4 Å². The number of benzene rings is 2. The summed E-state index contributed by atoms with van der Waals surface area (Å²) in [5.74, 6) is -0.292. The van der Waals surface area contributed by atoms with E-state index >= 15 is 0 Å². The zero-order valence-corrected chi connectivity index (χ0v) is 15.5. The minimum absolute atomic E-state index is 0.0842. The molecule has 1 N–H and O–H groups in total. The summed E-state index contributed by atoms with van der Waals surface area (Å²) in [4.78, 5) is 28.4. The topological polar surface area (TPSA) is 60.9 Å². The molecular weight excluding hydrogens is 348 g/mol. The molecule has 2 aromatic rings. The third-order valence-electron chi connectivity index (χ3n) is 4.24. The molecular formula is C20H20N2O3S. The van der Waals surface area contributed by atoms with Crippen LogP contribution >= 0.6 is 11.8 Å². The zero-order valence-electron chi connectivity index (χ0n) is 14.7. The van der Waals surface area contributed by atoms with Gasteiger partial charge in [0.25, 0.3) is 11.1 Å². The van der Waals surface area contributed by atoms with Crippen LogP contribution in [0, 0.1) is 0 Å². The SMILES string of the molecule is CCN(CC)c1ccc(/C=C2\SC(=O)N(c3ccccc3)C2=O)c(O)c1. The second-order valence-electron chi connectivity index (χ2n) is 5.77. The van der Waals surface area contributed by atoms with Crippen LogP contribution in [0.5, 0.6) is 5.75 Å². The largest absolute Gasteiger partial charge is 0.507 e. The van der Waals surface area contributed by atoms with E-state index in [2.05, 4.69) is 4.90 Å². The highest BCUT2D eigenvalue weighted by Gasteiger charge is 2.36. The molecule has 6 heteroatoms. The number of para-hydroxylation sites is 1. The van der Waals surface area contributed by atoms with Gasteiger partial charge >= 0.3 is 0 Å². The van der Waals surface area contributed by atoms with Gasteiger partial charge in [-0.05, 0) is 56.0 Å². The van der Waals surface area contributed by atoms with Crippen molar-refractivity contribution in [1.29, 1.82) is 0 Å². The average molecular weight is 368 g/mol. The number of amides is 2. The minimum Gasteiger partial charge on any atom is -0.507 e. The number of anilines is 2. The first-order chi connectivity index (χ1) is 12.5. The molecule has 2 amide bonds. The summed E-state index contributed by atoms with van der Waals surface area (Å²) in [7, 11) is 0. The predicted octanol–water partition coefficient (Wildman–Crippen LogP) is 4.48. The molecule has 3 rings (SSSR count). The Morgan fingerprint density at radius 2 is 1.77 bits per heavy atom. The molecule has 0 bridgehead atoms. The smallest absolute Gasteiger partial charge is 0.298 e. The van der Waals surface area contributed by atoms with Crippen LogP contribution in [0.2, 0.25) is 0 Å². The molecule has 0 atom stereocenters. The van der Waals surface area contributed by atoms with Crippen LogP contribution in [0.25, 0.3) is 6.08 Å². The number of rotatable bonds is 5. The fraction of sp³-hybridized carbons (Fsp3) is 0.200. The van der Waals surface area contributed by atoms with Crippen LogP contribution in [-0.4, -0.2) is 29.3 Å². The zero-order chi connectivity index (χ0) is 18.7. The fourth-order valence-corrected chi connectivity index (χ4v) is 3.68. The number of phenolic OH excluding ortho intramolecular Hbond substituents is 1. The van der Waals surface area contributed by atoms with Gasteiger partial charge in [-0.25, -0.2) is 4.90 Å². The van der Waals surface area contributed by atoms with Gasteiger partial charge in [0.05, 0.1) is 10.6 Å². The van der Waals surface area contributed by atoms with Crippen molar-refractivity contribution in [2.75, 3.05) is 22.9 Å². The van der Waals surface area contributed by atoms with Crippen molar-refractivity contribution in [2.24, 2.45) is 0 Å². The minimum atomic E-state index is -0.376. The van der Waals surface area contributed by atoms with Crippen molar-refractivity contribution in [3.63, 3.8) is 0 Å². The van der Waals surface area contributed by atoms with Gasteiger partial charge in [0, 0.05) is 30.4 Å². The summed E-state index contributed by atoms with van der Waals surface area (Å²) in [5.41, 5.74) is 1.97. The second kappa shape index (κ2) is 7.66. The number of thioether (sulfide) groups is 1. The first-order valence-electron chi connectivity index (χ1n) is 8.46. The summed E-state index contributed by atoms with van der Waals surface area (Å²) < 4.78 is 0. The number of aromatic hydroxyl groups is 1. The highest BCUT2D eigenvalue weighted by Crippen LogP contribution is 2.37. The lowest BCUT2D eigenvalue weighted by molar-refractivity contribution is -0.113. The Hall–Kier alpha value is -2.73. The summed E-state index contributed by atoms with van der Waals surface area (Å²) in [6.45, 7) is 5.78. The van der Waals surface area contributed by atoms with E-state index in [1.54, 1.807) is 42.5 Å². The molecule has 0 aromatic heterocycles. The van der Waals surface area contributed by atoms with Crippen LogP contribution in [0.4, 0.5) is 16.2 Å². The highest BCUT2D eigenvalue weighted by molar-refractivity contribution is 8.19. The quantitative estimate of drug-likeness (QED) is 0.789. The van der Waals surface area contributed by atoms with Crippen LogP contribution < -0.4 is 9.80 Å². The number of phenols is 1. The van der Waals surface area contributed by atoms with Crippen LogP contribution in [0.1, 0.15) is 19.4 Å². The lowest BCUT2D eigenvalue weighted by atomic mass is 10.1. The maximum atomic E-state index is 12.6. The van der Waals surface area contributed by atoms with Crippen molar-refractivity contribution >= 4 is 40.4 Å². The molecule has 1 heterocycles. The first kappa shape index (κ1) is 18.1. The van der Waals surface area contributed by atoms with Gasteiger partial charge in [0.1, 0.15) is 5.75 Å². The van der Waals surface area contributed by atoms with E-state index in [0.29, 0.717) is 16.2 Å². The molecule has 2 aromatic carbocycles. The molecule has 0 aliphatic carbocycles. The van der Waals surface area contributed by atoms with Crippen molar-refractivity contribution in [1.82, 2.24) is 0 Å². The van der Waals surface area contributed by atoms with Crippen molar-refractivity contribution in [3.05, 3.63) is 59.0 Å². The standard InChI is InChI=1S/C20H20N2O3S/c1-3-21(4-2)16-11-10-14(17(23)13-16)12-18-19(24)22(20(25)26-18)15-8-6-5-7-9-15/h5-13,23H,3-4H2,1-2H3/b18-12-. The van der Waals surface area contributed by atoms with E-state index in [-0.39, 0.29) is 16.9 Å². The summed E-state index contributed by atoms with van der Waals surface area (Å²) in [5, 5.41) is 10.00. The van der Waals surface area contributed by atoms with E-state index in [1.165, 1.54) is 0 Å². The molecule has 5 nitrogen and oxygen atoms in total. The van der Waals surface area contributed by atoms with Gasteiger partial charge in [-0.1, -0.05) is 18.2 Å². The lowest BCUT2D eigenvalue weighted by Gasteiger charge is -2.21. The van der Waals surface area contributed by atoms with Gasteiger partial charge in [-0.2, -0.15) is 0 Å². The first-order valence-corrected chi connectivity index (χ1v) is 9.27. The Bertz CT molecular complexity index is 861. The molecule has 0 spiro atoms. The maximum absolute atomic E-state index is 12.6. The highest BCUT2D eigenvalue weighted by atomic mass is 32.2. The number of hydrogen-bond donors (Lipinski definition) is 1. The average Bonchev–Trinajstić information content (AvgIpc) is 2.92. The maximum Gasteiger partial charge on any atom is 0.298 e. The molecule has 0 saturated carbocycles. The number of carbonyl (C=O) groups excluding carboxylic acids is 2. The Labute approximate surface area is 156 Å².